The van der Waals surface area contributed by atoms with Crippen LogP contribution in [0.3, 0.4) is 0 Å². The molecule has 1 N–H and O–H groups in total. The number of alkyl halides is 2. The third-order valence-electron chi connectivity index (χ3n) is 4.25. The number of rotatable bonds is 10. The standard InChI is InChI=1S/C23H25F3N2O4/c1-4-31-20-13-16(5-11-19(20)32-23(25)26)6-12-22(30)28(15(2)3)14-21(29)27-18-9-7-17(24)8-10-18/h5-13,15,23H,4,14H2,1-3H3,(H,27,29)/b12-6+. The van der Waals surface area contributed by atoms with Gasteiger partial charge in [-0.3, -0.25) is 9.59 Å². The van der Waals surface area contributed by atoms with Crippen LogP contribution in [-0.2, 0) is 9.59 Å². The maximum Gasteiger partial charge on any atom is 0.387 e. The zero-order valence-corrected chi connectivity index (χ0v) is 18.0. The Labute approximate surface area is 184 Å². The van der Waals surface area contributed by atoms with E-state index in [1.54, 1.807) is 20.8 Å². The van der Waals surface area contributed by atoms with Crippen molar-refractivity contribution in [1.82, 2.24) is 4.90 Å². The van der Waals surface area contributed by atoms with Crippen molar-refractivity contribution >= 4 is 23.6 Å². The van der Waals surface area contributed by atoms with Gasteiger partial charge in [-0.05, 0) is 68.8 Å². The predicted molar refractivity (Wildman–Crippen MR) is 115 cm³/mol. The third kappa shape index (κ3) is 7.64. The molecule has 0 radical (unpaired) electrons. The first-order valence-electron chi connectivity index (χ1n) is 9.95. The summed E-state index contributed by atoms with van der Waals surface area (Å²) < 4.78 is 47.8. The fourth-order valence-corrected chi connectivity index (χ4v) is 2.76. The number of anilines is 1. The number of hydrogen-bond donors (Lipinski definition) is 1. The van der Waals surface area contributed by atoms with Crippen LogP contribution >= 0.6 is 0 Å². The summed E-state index contributed by atoms with van der Waals surface area (Å²) in [6.45, 7) is 2.29. The number of carbonyl (C=O) groups excluding carboxylic acids is 2. The Morgan fingerprint density at radius 2 is 1.78 bits per heavy atom. The Kier molecular flexibility index (Phi) is 9.12. The van der Waals surface area contributed by atoms with Crippen LogP contribution in [0.25, 0.3) is 6.08 Å². The van der Waals surface area contributed by atoms with Gasteiger partial charge in [0.05, 0.1) is 6.61 Å². The van der Waals surface area contributed by atoms with Crippen molar-refractivity contribution in [1.29, 1.82) is 0 Å². The van der Waals surface area contributed by atoms with Crippen molar-refractivity contribution in [2.75, 3.05) is 18.5 Å². The minimum Gasteiger partial charge on any atom is -0.490 e. The lowest BCUT2D eigenvalue weighted by atomic mass is 10.1. The molecule has 32 heavy (non-hydrogen) atoms. The van der Waals surface area contributed by atoms with E-state index in [1.165, 1.54) is 59.5 Å². The highest BCUT2D eigenvalue weighted by molar-refractivity contribution is 5.98. The number of amides is 2. The highest BCUT2D eigenvalue weighted by Gasteiger charge is 2.18. The van der Waals surface area contributed by atoms with Gasteiger partial charge in [0.1, 0.15) is 12.4 Å². The van der Waals surface area contributed by atoms with E-state index < -0.39 is 24.2 Å². The van der Waals surface area contributed by atoms with E-state index in [4.69, 9.17) is 4.74 Å². The first kappa shape index (κ1) is 24.8. The van der Waals surface area contributed by atoms with Crippen LogP contribution in [0.2, 0.25) is 0 Å². The van der Waals surface area contributed by atoms with E-state index in [0.717, 1.165) is 0 Å². The number of hydrogen-bond acceptors (Lipinski definition) is 4. The molecule has 2 aromatic rings. The van der Waals surface area contributed by atoms with Gasteiger partial charge in [-0.15, -0.1) is 0 Å². The number of carbonyl (C=O) groups is 2. The van der Waals surface area contributed by atoms with Crippen LogP contribution in [0.4, 0.5) is 18.9 Å². The van der Waals surface area contributed by atoms with Crippen molar-refractivity contribution in [3.8, 4) is 11.5 Å². The zero-order valence-electron chi connectivity index (χ0n) is 18.0. The number of ether oxygens (including phenoxy) is 2. The Hall–Kier alpha value is -3.49. The number of nitrogens with zero attached hydrogens (tertiary/aromatic N) is 1. The largest absolute Gasteiger partial charge is 0.490 e. The average Bonchev–Trinajstić information content (AvgIpc) is 2.73. The third-order valence-corrected chi connectivity index (χ3v) is 4.25. The summed E-state index contributed by atoms with van der Waals surface area (Å²) in [5.41, 5.74) is 0.945. The second kappa shape index (κ2) is 11.8. The fraction of sp³-hybridized carbons (Fsp3) is 0.304. The van der Waals surface area contributed by atoms with Crippen LogP contribution in [0.5, 0.6) is 11.5 Å². The number of nitrogens with one attached hydrogen (secondary N) is 1. The summed E-state index contributed by atoms with van der Waals surface area (Å²) in [4.78, 5) is 26.3. The molecule has 0 spiro atoms. The second-order valence-electron chi connectivity index (χ2n) is 6.97. The topological polar surface area (TPSA) is 67.9 Å². The fourth-order valence-electron chi connectivity index (χ4n) is 2.76. The van der Waals surface area contributed by atoms with Crippen molar-refractivity contribution in [2.24, 2.45) is 0 Å². The lowest BCUT2D eigenvalue weighted by Gasteiger charge is -2.25. The quantitative estimate of drug-likeness (QED) is 0.532. The molecule has 0 saturated carbocycles. The maximum atomic E-state index is 13.0. The number of benzene rings is 2. The van der Waals surface area contributed by atoms with Crippen LogP contribution in [0.1, 0.15) is 26.3 Å². The van der Waals surface area contributed by atoms with E-state index in [1.807, 2.05) is 0 Å². The second-order valence-corrected chi connectivity index (χ2v) is 6.97. The van der Waals surface area contributed by atoms with Crippen molar-refractivity contribution in [2.45, 2.75) is 33.4 Å². The zero-order chi connectivity index (χ0) is 23.7. The van der Waals surface area contributed by atoms with Gasteiger partial charge in [0.15, 0.2) is 11.5 Å². The van der Waals surface area contributed by atoms with Gasteiger partial charge in [0, 0.05) is 17.8 Å². The molecule has 0 aromatic heterocycles. The molecule has 0 unspecified atom stereocenters. The molecule has 9 heteroatoms. The molecule has 2 rings (SSSR count). The van der Waals surface area contributed by atoms with Crippen molar-refractivity contribution in [3.63, 3.8) is 0 Å². The van der Waals surface area contributed by atoms with Crippen molar-refractivity contribution in [3.05, 3.63) is 59.9 Å². The Morgan fingerprint density at radius 1 is 1.09 bits per heavy atom. The summed E-state index contributed by atoms with van der Waals surface area (Å²) >= 11 is 0. The first-order valence-corrected chi connectivity index (χ1v) is 9.95. The molecule has 0 fully saturated rings. The molecule has 172 valence electrons. The predicted octanol–water partition coefficient (Wildman–Crippen LogP) is 4.71. The smallest absolute Gasteiger partial charge is 0.387 e. The molecule has 0 saturated heterocycles. The summed E-state index contributed by atoms with van der Waals surface area (Å²) in [7, 11) is 0. The summed E-state index contributed by atoms with van der Waals surface area (Å²) in [6, 6.07) is 9.33. The van der Waals surface area contributed by atoms with Gasteiger partial charge in [0.25, 0.3) is 0 Å². The molecule has 2 aromatic carbocycles. The highest BCUT2D eigenvalue weighted by atomic mass is 19.3. The molecule has 0 atom stereocenters. The average molecular weight is 450 g/mol. The van der Waals surface area contributed by atoms with Gasteiger partial charge < -0.3 is 19.7 Å². The molecule has 2 amide bonds. The lowest BCUT2D eigenvalue weighted by molar-refractivity contribution is -0.132. The molecule has 0 aliphatic carbocycles. The minimum absolute atomic E-state index is 0.105. The van der Waals surface area contributed by atoms with Gasteiger partial charge in [0.2, 0.25) is 11.8 Å². The van der Waals surface area contributed by atoms with Crippen LogP contribution in [0, 0.1) is 5.82 Å². The molecule has 6 nitrogen and oxygen atoms in total. The minimum atomic E-state index is -2.99. The summed E-state index contributed by atoms with van der Waals surface area (Å²) in [5, 5.41) is 2.61. The van der Waals surface area contributed by atoms with E-state index in [9.17, 15) is 22.8 Å². The number of halogens is 3. The lowest BCUT2D eigenvalue weighted by Crippen LogP contribution is -2.41. The van der Waals surface area contributed by atoms with Gasteiger partial charge in [-0.1, -0.05) is 6.07 Å². The van der Waals surface area contributed by atoms with E-state index >= 15 is 0 Å². The highest BCUT2D eigenvalue weighted by Crippen LogP contribution is 2.30. The van der Waals surface area contributed by atoms with Crippen molar-refractivity contribution < 1.29 is 32.2 Å². The SMILES string of the molecule is CCOc1cc(/C=C/C(=O)N(CC(=O)Nc2ccc(F)cc2)C(C)C)ccc1OC(F)F. The van der Waals surface area contributed by atoms with Crippen LogP contribution in [0.15, 0.2) is 48.5 Å². The Bertz CT molecular complexity index is 947. The molecular weight excluding hydrogens is 425 g/mol. The monoisotopic (exact) mass is 450 g/mol. The Morgan fingerprint density at radius 3 is 2.38 bits per heavy atom. The van der Waals surface area contributed by atoms with Crippen LogP contribution < -0.4 is 14.8 Å². The van der Waals surface area contributed by atoms with E-state index in [2.05, 4.69) is 10.1 Å². The van der Waals surface area contributed by atoms with E-state index in [0.29, 0.717) is 11.3 Å². The van der Waals surface area contributed by atoms with Crippen LogP contribution in [-0.4, -0.2) is 42.5 Å². The van der Waals surface area contributed by atoms with Gasteiger partial charge in [-0.2, -0.15) is 8.78 Å². The molecule has 0 aliphatic heterocycles. The van der Waals surface area contributed by atoms with Gasteiger partial charge >= 0.3 is 6.61 Å². The van der Waals surface area contributed by atoms with E-state index in [-0.39, 0.29) is 30.7 Å². The molecular formula is C23H25F3N2O4. The molecule has 0 bridgehead atoms. The summed E-state index contributed by atoms with van der Waals surface area (Å²) in [5.74, 6) is -1.25. The Balaban J connectivity index is 2.08. The summed E-state index contributed by atoms with van der Waals surface area (Å²) in [6.07, 6.45) is 2.77. The molecule has 0 heterocycles. The normalized spacial score (nSPS) is 11.1. The first-order chi connectivity index (χ1) is 15.2. The molecule has 0 aliphatic rings. The van der Waals surface area contributed by atoms with Gasteiger partial charge in [-0.25, -0.2) is 4.39 Å². The maximum absolute atomic E-state index is 13.0.